The predicted molar refractivity (Wildman–Crippen MR) is 65.4 cm³/mol. The van der Waals surface area contributed by atoms with Gasteiger partial charge in [0, 0.05) is 6.20 Å². The van der Waals surface area contributed by atoms with Gasteiger partial charge in [0.15, 0.2) is 0 Å². The number of thioether (sulfide) groups is 1. The Bertz CT molecular complexity index is 557. The minimum atomic E-state index is 0.109. The van der Waals surface area contributed by atoms with Crippen LogP contribution in [0.2, 0.25) is 0 Å². The Kier molecular flexibility index (Phi) is 2.97. The van der Waals surface area contributed by atoms with Crippen LogP contribution in [0.1, 0.15) is 5.89 Å². The third kappa shape index (κ3) is 2.21. The molecular weight excluding hydrogens is 252 g/mol. The maximum Gasteiger partial charge on any atom is 0.246 e. The monoisotopic (exact) mass is 262 g/mol. The number of pyridine rings is 1. The van der Waals surface area contributed by atoms with Gasteiger partial charge >= 0.3 is 0 Å². The second-order valence-corrected chi connectivity index (χ2v) is 4.75. The summed E-state index contributed by atoms with van der Waals surface area (Å²) in [4.78, 5) is 21.5. The fourth-order valence-corrected chi connectivity index (χ4v) is 2.53. The van der Waals surface area contributed by atoms with Gasteiger partial charge < -0.3 is 9.42 Å². The molecule has 0 saturated carbocycles. The lowest BCUT2D eigenvalue weighted by Gasteiger charge is -2.10. The van der Waals surface area contributed by atoms with E-state index >= 15 is 0 Å². The van der Waals surface area contributed by atoms with Crippen LogP contribution in [0.5, 0.6) is 0 Å². The van der Waals surface area contributed by atoms with Crippen molar-refractivity contribution in [3.63, 3.8) is 0 Å². The van der Waals surface area contributed by atoms with Crippen LogP contribution in [0.3, 0.4) is 0 Å². The van der Waals surface area contributed by atoms with Crippen LogP contribution < -0.4 is 0 Å². The van der Waals surface area contributed by atoms with Crippen molar-refractivity contribution < 1.29 is 9.32 Å². The first-order valence-electron chi connectivity index (χ1n) is 5.42. The average molecular weight is 262 g/mol. The Labute approximate surface area is 107 Å². The molecule has 0 radical (unpaired) electrons. The maximum absolute atomic E-state index is 11.5. The molecule has 1 saturated heterocycles. The number of rotatable bonds is 3. The molecule has 6 nitrogen and oxygen atoms in total. The topological polar surface area (TPSA) is 72.1 Å². The van der Waals surface area contributed by atoms with Crippen molar-refractivity contribution in [1.82, 2.24) is 20.0 Å². The van der Waals surface area contributed by atoms with Crippen molar-refractivity contribution in [2.45, 2.75) is 6.54 Å². The predicted octanol–water partition coefficient (Wildman–Crippen LogP) is 1.16. The molecule has 18 heavy (non-hydrogen) atoms. The normalized spacial score (nSPS) is 15.3. The zero-order valence-corrected chi connectivity index (χ0v) is 10.3. The second kappa shape index (κ2) is 4.77. The summed E-state index contributed by atoms with van der Waals surface area (Å²) in [5, 5.41) is 3.86. The minimum Gasteiger partial charge on any atom is -0.337 e. The molecular formula is C11H10N4O2S. The van der Waals surface area contributed by atoms with E-state index in [4.69, 9.17) is 4.52 Å². The summed E-state index contributed by atoms with van der Waals surface area (Å²) in [6.45, 7) is 0.367. The SMILES string of the molecule is O=C1CSCN1Cc1nc(-c2ccccn2)no1. The van der Waals surface area contributed by atoms with Crippen LogP contribution in [0.25, 0.3) is 11.5 Å². The Balaban J connectivity index is 1.76. The van der Waals surface area contributed by atoms with Gasteiger partial charge in [-0.15, -0.1) is 11.8 Å². The maximum atomic E-state index is 11.5. The summed E-state index contributed by atoms with van der Waals surface area (Å²) in [7, 11) is 0. The van der Waals surface area contributed by atoms with Crippen molar-refractivity contribution >= 4 is 17.7 Å². The number of amides is 1. The van der Waals surface area contributed by atoms with E-state index in [0.29, 0.717) is 35.6 Å². The molecule has 1 fully saturated rings. The van der Waals surface area contributed by atoms with Gasteiger partial charge in [-0.1, -0.05) is 11.2 Å². The highest BCUT2D eigenvalue weighted by Crippen LogP contribution is 2.18. The molecule has 2 aromatic rings. The molecule has 3 heterocycles. The molecule has 0 N–H and O–H groups in total. The summed E-state index contributed by atoms with van der Waals surface area (Å²) < 4.78 is 5.13. The van der Waals surface area contributed by atoms with E-state index in [1.54, 1.807) is 22.9 Å². The van der Waals surface area contributed by atoms with E-state index in [-0.39, 0.29) is 5.91 Å². The summed E-state index contributed by atoms with van der Waals surface area (Å²) in [5.41, 5.74) is 0.662. The molecule has 1 aliphatic heterocycles. The Morgan fingerprint density at radius 3 is 3.11 bits per heavy atom. The van der Waals surface area contributed by atoms with Gasteiger partial charge in [-0.05, 0) is 12.1 Å². The summed E-state index contributed by atoms with van der Waals surface area (Å²) in [6.07, 6.45) is 1.67. The smallest absolute Gasteiger partial charge is 0.246 e. The van der Waals surface area contributed by atoms with Crippen LogP contribution in [0.4, 0.5) is 0 Å². The molecule has 92 valence electrons. The Morgan fingerprint density at radius 2 is 2.39 bits per heavy atom. The van der Waals surface area contributed by atoms with E-state index in [1.807, 2.05) is 18.2 Å². The molecule has 0 unspecified atom stereocenters. The van der Waals surface area contributed by atoms with Crippen LogP contribution in [-0.2, 0) is 11.3 Å². The first-order chi connectivity index (χ1) is 8.83. The molecule has 3 rings (SSSR count). The molecule has 0 bridgehead atoms. The number of carbonyl (C=O) groups excluding carboxylic acids is 1. The molecule has 7 heteroatoms. The Morgan fingerprint density at radius 1 is 1.44 bits per heavy atom. The van der Waals surface area contributed by atoms with Gasteiger partial charge in [-0.2, -0.15) is 4.98 Å². The van der Waals surface area contributed by atoms with E-state index < -0.39 is 0 Å². The molecule has 1 amide bonds. The van der Waals surface area contributed by atoms with Gasteiger partial charge in [0.1, 0.15) is 12.2 Å². The van der Waals surface area contributed by atoms with Gasteiger partial charge in [0.05, 0.1) is 11.6 Å². The van der Waals surface area contributed by atoms with E-state index in [2.05, 4.69) is 15.1 Å². The van der Waals surface area contributed by atoms with Gasteiger partial charge in [-0.3, -0.25) is 9.78 Å². The molecule has 2 aromatic heterocycles. The molecule has 0 atom stereocenters. The van der Waals surface area contributed by atoms with Crippen LogP contribution in [0.15, 0.2) is 28.9 Å². The van der Waals surface area contributed by atoms with E-state index in [1.165, 1.54) is 0 Å². The average Bonchev–Trinajstić information content (AvgIpc) is 3.02. The summed E-state index contributed by atoms with van der Waals surface area (Å²) >= 11 is 1.59. The van der Waals surface area contributed by atoms with Crippen LogP contribution in [0, 0.1) is 0 Å². The highest BCUT2D eigenvalue weighted by atomic mass is 32.2. The van der Waals surface area contributed by atoms with E-state index in [9.17, 15) is 4.79 Å². The van der Waals surface area contributed by atoms with E-state index in [0.717, 1.165) is 0 Å². The number of carbonyl (C=O) groups is 1. The summed E-state index contributed by atoms with van der Waals surface area (Å²) in [6, 6.07) is 5.50. The fraction of sp³-hybridized carbons (Fsp3) is 0.273. The minimum absolute atomic E-state index is 0.109. The molecule has 1 aliphatic rings. The number of hydrogen-bond acceptors (Lipinski definition) is 6. The van der Waals surface area contributed by atoms with Crippen molar-refractivity contribution in [2.24, 2.45) is 0 Å². The van der Waals surface area contributed by atoms with Gasteiger partial charge in [0.2, 0.25) is 17.6 Å². The lowest BCUT2D eigenvalue weighted by atomic mass is 10.3. The highest BCUT2D eigenvalue weighted by Gasteiger charge is 2.23. The lowest BCUT2D eigenvalue weighted by molar-refractivity contribution is -0.127. The fourth-order valence-electron chi connectivity index (χ4n) is 1.62. The highest BCUT2D eigenvalue weighted by molar-refractivity contribution is 8.00. The van der Waals surface area contributed by atoms with Crippen molar-refractivity contribution in [2.75, 3.05) is 11.6 Å². The first-order valence-corrected chi connectivity index (χ1v) is 6.58. The van der Waals surface area contributed by atoms with Crippen molar-refractivity contribution in [3.8, 4) is 11.5 Å². The van der Waals surface area contributed by atoms with Crippen molar-refractivity contribution in [3.05, 3.63) is 30.3 Å². The molecule has 0 spiro atoms. The standard InChI is InChI=1S/C11H10N4O2S/c16-10-6-18-7-15(10)5-9-13-11(14-17-9)8-3-1-2-4-12-8/h1-4H,5-7H2. The third-order valence-corrected chi connectivity index (χ3v) is 3.46. The number of nitrogens with zero attached hydrogens (tertiary/aromatic N) is 4. The number of hydrogen-bond donors (Lipinski definition) is 0. The second-order valence-electron chi connectivity index (χ2n) is 3.80. The molecule has 0 aliphatic carbocycles. The van der Waals surface area contributed by atoms with Gasteiger partial charge in [-0.25, -0.2) is 0 Å². The van der Waals surface area contributed by atoms with Crippen LogP contribution in [-0.4, -0.2) is 37.6 Å². The first kappa shape index (κ1) is 11.2. The zero-order chi connectivity index (χ0) is 12.4. The third-order valence-electron chi connectivity index (χ3n) is 2.51. The lowest BCUT2D eigenvalue weighted by Crippen LogP contribution is -2.25. The number of aromatic nitrogens is 3. The largest absolute Gasteiger partial charge is 0.337 e. The van der Waals surface area contributed by atoms with Gasteiger partial charge in [0.25, 0.3) is 0 Å². The summed E-state index contributed by atoms with van der Waals surface area (Å²) in [5.74, 6) is 2.20. The van der Waals surface area contributed by atoms with Crippen LogP contribution >= 0.6 is 11.8 Å². The zero-order valence-electron chi connectivity index (χ0n) is 9.44. The van der Waals surface area contributed by atoms with Crippen molar-refractivity contribution in [1.29, 1.82) is 0 Å². The molecule has 0 aromatic carbocycles. The Hall–Kier alpha value is -1.89. The quantitative estimate of drug-likeness (QED) is 0.826.